The van der Waals surface area contributed by atoms with Gasteiger partial charge in [-0.3, -0.25) is 9.59 Å². The van der Waals surface area contributed by atoms with Crippen LogP contribution in [-0.4, -0.2) is 44.8 Å². The quantitative estimate of drug-likeness (QED) is 0.346. The summed E-state index contributed by atoms with van der Waals surface area (Å²) in [6.07, 6.45) is 3.86. The normalized spacial score (nSPS) is 13.0. The van der Waals surface area contributed by atoms with Crippen LogP contribution in [0.25, 0.3) is 0 Å². The van der Waals surface area contributed by atoms with Gasteiger partial charge in [-0.2, -0.15) is 5.10 Å². The van der Waals surface area contributed by atoms with Crippen LogP contribution in [0.1, 0.15) is 34.3 Å². The molecule has 4 rings (SSSR count). The number of hydrogen-bond donors (Lipinski definition) is 2. The summed E-state index contributed by atoms with van der Waals surface area (Å²) in [7, 11) is 1.52. The standard InChI is InChI=1S/C28H30N4O4/c1-20-8-12-23(13-9-20)30-26(33)19-36-27-22(6-5-7-25(27)35-2)18-29-31-28(34)21-10-14-24(15-11-21)32-16-3-4-17-32/h5-15,18H,3-4,16-17,19H2,1-2H3,(H,30,33)(H,31,34)/b29-18-. The Morgan fingerprint density at radius 2 is 1.72 bits per heavy atom. The molecule has 36 heavy (non-hydrogen) atoms. The summed E-state index contributed by atoms with van der Waals surface area (Å²) in [4.78, 5) is 27.2. The van der Waals surface area contributed by atoms with E-state index in [0.717, 1.165) is 24.3 Å². The number of nitrogens with zero attached hydrogens (tertiary/aromatic N) is 2. The molecule has 3 aromatic carbocycles. The van der Waals surface area contributed by atoms with E-state index in [1.165, 1.54) is 26.2 Å². The van der Waals surface area contributed by atoms with Crippen LogP contribution >= 0.6 is 0 Å². The van der Waals surface area contributed by atoms with Gasteiger partial charge >= 0.3 is 0 Å². The Kier molecular flexibility index (Phi) is 8.18. The molecule has 1 aliphatic heterocycles. The first-order valence-electron chi connectivity index (χ1n) is 11.9. The fourth-order valence-electron chi connectivity index (χ4n) is 3.95. The molecule has 0 unspecified atom stereocenters. The molecule has 1 aliphatic rings. The first-order chi connectivity index (χ1) is 17.5. The number of amides is 2. The van der Waals surface area contributed by atoms with Crippen LogP contribution in [0, 0.1) is 6.92 Å². The number of carbonyl (C=O) groups is 2. The van der Waals surface area contributed by atoms with E-state index < -0.39 is 0 Å². The van der Waals surface area contributed by atoms with Crippen molar-refractivity contribution in [1.82, 2.24) is 5.43 Å². The fourth-order valence-corrected chi connectivity index (χ4v) is 3.95. The van der Waals surface area contributed by atoms with Crippen LogP contribution < -0.4 is 25.1 Å². The maximum atomic E-state index is 12.5. The van der Waals surface area contributed by atoms with Gasteiger partial charge in [0.2, 0.25) is 0 Å². The predicted octanol–water partition coefficient (Wildman–Crippen LogP) is 4.39. The van der Waals surface area contributed by atoms with Crippen LogP contribution in [0.3, 0.4) is 0 Å². The Bertz CT molecular complexity index is 1220. The van der Waals surface area contributed by atoms with Gasteiger partial charge < -0.3 is 19.7 Å². The minimum Gasteiger partial charge on any atom is -0.493 e. The highest BCUT2D eigenvalue weighted by Gasteiger charge is 2.14. The summed E-state index contributed by atoms with van der Waals surface area (Å²) in [5.41, 5.74) is 6.54. The number of methoxy groups -OCH3 is 1. The second kappa shape index (κ2) is 11.9. The molecule has 0 spiro atoms. The molecule has 1 heterocycles. The summed E-state index contributed by atoms with van der Waals surface area (Å²) in [6, 6.07) is 20.3. The lowest BCUT2D eigenvalue weighted by Crippen LogP contribution is -2.21. The third-order valence-electron chi connectivity index (χ3n) is 5.88. The van der Waals surface area contributed by atoms with Gasteiger partial charge in [-0.05, 0) is 68.3 Å². The Morgan fingerprint density at radius 3 is 2.42 bits per heavy atom. The number of nitrogens with one attached hydrogen (secondary N) is 2. The zero-order chi connectivity index (χ0) is 25.3. The van der Waals surface area contributed by atoms with Crippen LogP contribution in [0.15, 0.2) is 71.8 Å². The highest BCUT2D eigenvalue weighted by molar-refractivity contribution is 5.96. The molecule has 1 fully saturated rings. The lowest BCUT2D eigenvalue weighted by Gasteiger charge is -2.17. The van der Waals surface area contributed by atoms with Crippen molar-refractivity contribution in [3.05, 3.63) is 83.4 Å². The second-order valence-corrected chi connectivity index (χ2v) is 8.52. The van der Waals surface area contributed by atoms with Crippen molar-refractivity contribution in [2.45, 2.75) is 19.8 Å². The van der Waals surface area contributed by atoms with Crippen molar-refractivity contribution >= 4 is 29.4 Å². The average Bonchev–Trinajstić information content (AvgIpc) is 3.44. The van der Waals surface area contributed by atoms with Crippen molar-refractivity contribution in [1.29, 1.82) is 0 Å². The lowest BCUT2D eigenvalue weighted by atomic mass is 10.2. The number of anilines is 2. The van der Waals surface area contributed by atoms with Crippen molar-refractivity contribution in [3.63, 3.8) is 0 Å². The molecule has 0 aromatic heterocycles. The second-order valence-electron chi connectivity index (χ2n) is 8.52. The molecule has 0 atom stereocenters. The topological polar surface area (TPSA) is 92.3 Å². The third-order valence-corrected chi connectivity index (χ3v) is 5.88. The van der Waals surface area contributed by atoms with E-state index in [1.54, 1.807) is 30.3 Å². The highest BCUT2D eigenvalue weighted by atomic mass is 16.5. The summed E-state index contributed by atoms with van der Waals surface area (Å²) >= 11 is 0. The first-order valence-corrected chi connectivity index (χ1v) is 11.9. The van der Waals surface area contributed by atoms with Gasteiger partial charge in [0.15, 0.2) is 18.1 Å². The van der Waals surface area contributed by atoms with Crippen molar-refractivity contribution in [2.75, 3.05) is 37.0 Å². The maximum Gasteiger partial charge on any atom is 0.271 e. The molecule has 0 saturated carbocycles. The van der Waals surface area contributed by atoms with Gasteiger partial charge in [-0.15, -0.1) is 0 Å². The van der Waals surface area contributed by atoms with Gasteiger partial charge in [-0.25, -0.2) is 5.43 Å². The van der Waals surface area contributed by atoms with E-state index in [9.17, 15) is 9.59 Å². The van der Waals surface area contributed by atoms with E-state index in [2.05, 4.69) is 20.7 Å². The van der Waals surface area contributed by atoms with Crippen molar-refractivity contribution in [3.8, 4) is 11.5 Å². The van der Waals surface area contributed by atoms with Crippen LogP contribution in [0.2, 0.25) is 0 Å². The van der Waals surface area contributed by atoms with Gasteiger partial charge in [0.05, 0.1) is 13.3 Å². The first kappa shape index (κ1) is 24.8. The Hall–Kier alpha value is -4.33. The maximum absolute atomic E-state index is 12.5. The number of hydrazone groups is 1. The molecule has 8 heteroatoms. The molecule has 2 N–H and O–H groups in total. The molecule has 2 amide bonds. The highest BCUT2D eigenvalue weighted by Crippen LogP contribution is 2.30. The number of aryl methyl sites for hydroxylation is 1. The summed E-state index contributed by atoms with van der Waals surface area (Å²) in [5, 5.41) is 6.88. The van der Waals surface area contributed by atoms with Gasteiger partial charge in [0.25, 0.3) is 11.8 Å². The van der Waals surface area contributed by atoms with E-state index >= 15 is 0 Å². The molecule has 186 valence electrons. The monoisotopic (exact) mass is 486 g/mol. The SMILES string of the molecule is COc1cccc(/C=N\NC(=O)c2ccc(N3CCCC3)cc2)c1OCC(=O)Nc1ccc(C)cc1. The molecule has 8 nitrogen and oxygen atoms in total. The van der Waals surface area contributed by atoms with Crippen molar-refractivity contribution < 1.29 is 19.1 Å². The van der Waals surface area contributed by atoms with Crippen LogP contribution in [-0.2, 0) is 4.79 Å². The molecule has 0 radical (unpaired) electrons. The minimum absolute atomic E-state index is 0.217. The molecular formula is C28H30N4O4. The molecular weight excluding hydrogens is 456 g/mol. The van der Waals surface area contributed by atoms with E-state index in [0.29, 0.717) is 28.3 Å². The Balaban J connectivity index is 1.37. The number of hydrogen-bond acceptors (Lipinski definition) is 6. The molecule has 0 aliphatic carbocycles. The lowest BCUT2D eigenvalue weighted by molar-refractivity contribution is -0.118. The summed E-state index contributed by atoms with van der Waals surface area (Å²) in [6.45, 7) is 3.86. The third kappa shape index (κ3) is 6.41. The van der Waals surface area contributed by atoms with Gasteiger partial charge in [-0.1, -0.05) is 23.8 Å². The number of carbonyl (C=O) groups excluding carboxylic acids is 2. The minimum atomic E-state index is -0.318. The van der Waals surface area contributed by atoms with E-state index in [1.807, 2.05) is 43.3 Å². The zero-order valence-corrected chi connectivity index (χ0v) is 20.5. The zero-order valence-electron chi connectivity index (χ0n) is 20.5. The Morgan fingerprint density at radius 1 is 1.00 bits per heavy atom. The number of ether oxygens (including phenoxy) is 2. The van der Waals surface area contributed by atoms with E-state index in [-0.39, 0.29) is 18.4 Å². The largest absolute Gasteiger partial charge is 0.493 e. The predicted molar refractivity (Wildman–Crippen MR) is 141 cm³/mol. The fraction of sp³-hybridized carbons (Fsp3) is 0.250. The van der Waals surface area contributed by atoms with Gasteiger partial charge in [0.1, 0.15) is 0 Å². The smallest absolute Gasteiger partial charge is 0.271 e. The molecule has 0 bridgehead atoms. The summed E-state index contributed by atoms with van der Waals surface area (Å²) in [5.74, 6) is 0.179. The summed E-state index contributed by atoms with van der Waals surface area (Å²) < 4.78 is 11.2. The van der Waals surface area contributed by atoms with Crippen LogP contribution in [0.5, 0.6) is 11.5 Å². The number of benzene rings is 3. The van der Waals surface area contributed by atoms with Gasteiger partial charge in [0, 0.05) is 35.6 Å². The van der Waals surface area contributed by atoms with E-state index in [4.69, 9.17) is 9.47 Å². The number of para-hydroxylation sites is 1. The van der Waals surface area contributed by atoms with Crippen LogP contribution in [0.4, 0.5) is 11.4 Å². The average molecular weight is 487 g/mol. The Labute approximate surface area is 210 Å². The molecule has 3 aromatic rings. The number of rotatable bonds is 9. The van der Waals surface area contributed by atoms with Crippen molar-refractivity contribution in [2.24, 2.45) is 5.10 Å². The molecule has 1 saturated heterocycles.